The number of allylic oxidation sites excluding steroid dienone is 1. The molecule has 1 aliphatic heterocycles. The van der Waals surface area contributed by atoms with Crippen LogP contribution in [0.3, 0.4) is 0 Å². The highest BCUT2D eigenvalue weighted by Gasteiger charge is 2.22. The maximum Gasteiger partial charge on any atom is 0.252 e. The summed E-state index contributed by atoms with van der Waals surface area (Å²) in [7, 11) is 3.32. The molecule has 0 unspecified atom stereocenters. The number of amides is 1. The van der Waals surface area contributed by atoms with Crippen molar-refractivity contribution in [3.63, 3.8) is 0 Å². The minimum atomic E-state index is -0.237. The third-order valence-corrected chi connectivity index (χ3v) is 6.77. The van der Waals surface area contributed by atoms with E-state index in [2.05, 4.69) is 21.3 Å². The number of piperidine rings is 1. The number of nitrogens with one attached hydrogen (secondary N) is 1. The van der Waals surface area contributed by atoms with Crippen LogP contribution in [0.4, 0.5) is 0 Å². The Morgan fingerprint density at radius 2 is 2.03 bits per heavy atom. The van der Waals surface area contributed by atoms with Gasteiger partial charge in [-0.05, 0) is 92.2 Å². The number of likely N-dealkylation sites (tertiary alicyclic amines) is 1. The monoisotopic (exact) mass is 478 g/mol. The lowest BCUT2D eigenvalue weighted by atomic mass is 9.87. The number of hydrogen-bond donors (Lipinski definition) is 3. The van der Waals surface area contributed by atoms with Crippen LogP contribution in [0.15, 0.2) is 47.6 Å². The SMILES string of the molecule is CN=CC(=CN)c1cc(OC)cc([C@@H](C)NC(=O)c2cc(C3CCN(CCO)CC3)ccc2C)c1. The molecule has 0 aromatic heterocycles. The van der Waals surface area contributed by atoms with E-state index in [0.717, 1.165) is 54.7 Å². The van der Waals surface area contributed by atoms with E-state index in [1.807, 2.05) is 44.2 Å². The number of aliphatic hydroxyl groups is 1. The van der Waals surface area contributed by atoms with E-state index in [9.17, 15) is 9.90 Å². The van der Waals surface area contributed by atoms with E-state index >= 15 is 0 Å². The maximum absolute atomic E-state index is 13.3. The quantitative estimate of drug-likeness (QED) is 0.478. The molecule has 0 saturated carbocycles. The van der Waals surface area contributed by atoms with Crippen LogP contribution >= 0.6 is 0 Å². The van der Waals surface area contributed by atoms with Crippen molar-refractivity contribution in [2.24, 2.45) is 10.7 Å². The average Bonchev–Trinajstić information content (AvgIpc) is 2.87. The van der Waals surface area contributed by atoms with Crippen LogP contribution in [0.5, 0.6) is 5.75 Å². The Morgan fingerprint density at radius 1 is 1.29 bits per heavy atom. The van der Waals surface area contributed by atoms with Gasteiger partial charge in [-0.25, -0.2) is 0 Å². The number of benzene rings is 2. The second-order valence-corrected chi connectivity index (χ2v) is 9.11. The van der Waals surface area contributed by atoms with Crippen molar-refractivity contribution < 1.29 is 14.6 Å². The molecule has 0 spiro atoms. The predicted octanol–water partition coefficient (Wildman–Crippen LogP) is 3.67. The van der Waals surface area contributed by atoms with Gasteiger partial charge in [0.05, 0.1) is 19.8 Å². The first-order valence-electron chi connectivity index (χ1n) is 12.2. The van der Waals surface area contributed by atoms with Crippen LogP contribution in [0.25, 0.3) is 5.57 Å². The average molecular weight is 479 g/mol. The van der Waals surface area contributed by atoms with Crippen molar-refractivity contribution in [2.75, 3.05) is 40.4 Å². The number of methoxy groups -OCH3 is 1. The number of rotatable bonds is 9. The summed E-state index contributed by atoms with van der Waals surface area (Å²) < 4.78 is 5.49. The number of nitrogens with two attached hydrogens (primary N) is 1. The van der Waals surface area contributed by atoms with Crippen molar-refractivity contribution in [3.05, 3.63) is 70.4 Å². The van der Waals surface area contributed by atoms with E-state index in [0.29, 0.717) is 17.2 Å². The highest BCUT2D eigenvalue weighted by Crippen LogP contribution is 2.30. The zero-order valence-electron chi connectivity index (χ0n) is 21.3. The number of β-amino-alcohol motifs (C(OH)–C–C–N with tert-alkyl or cyclic N) is 1. The number of carbonyl (C=O) groups excluding carboxylic acids is 1. The molecule has 2 aromatic carbocycles. The summed E-state index contributed by atoms with van der Waals surface area (Å²) in [5.41, 5.74) is 11.2. The molecule has 3 rings (SSSR count). The molecule has 2 aromatic rings. The minimum absolute atomic E-state index is 0.0938. The van der Waals surface area contributed by atoms with Crippen LogP contribution in [0, 0.1) is 6.92 Å². The van der Waals surface area contributed by atoms with Crippen molar-refractivity contribution in [1.82, 2.24) is 10.2 Å². The number of aliphatic hydroxyl groups excluding tert-OH is 1. The molecule has 1 saturated heterocycles. The van der Waals surface area contributed by atoms with Gasteiger partial charge in [0.1, 0.15) is 5.75 Å². The standard InChI is InChI=1S/C28H38N4O3/c1-19-5-6-22(21-7-9-32(10-8-21)11-12-33)16-27(19)28(34)31-20(2)23-13-24(15-26(14-23)35-4)25(17-29)18-30-3/h5-6,13-18,20-21,33H,7-12,29H2,1-4H3,(H,31,34)/t20-/m1/s1. The molecule has 1 fully saturated rings. The molecule has 7 heteroatoms. The molecule has 1 heterocycles. The van der Waals surface area contributed by atoms with Crippen LogP contribution in [-0.4, -0.2) is 62.5 Å². The Kier molecular flexibility index (Phi) is 9.46. The molecule has 0 radical (unpaired) electrons. The molecule has 1 aliphatic rings. The first-order chi connectivity index (χ1) is 16.9. The van der Waals surface area contributed by atoms with Gasteiger partial charge in [-0.1, -0.05) is 12.1 Å². The summed E-state index contributed by atoms with van der Waals surface area (Å²) in [6, 6.07) is 11.8. The molecular formula is C28H38N4O3. The molecule has 0 bridgehead atoms. The van der Waals surface area contributed by atoms with Gasteiger partial charge in [0.2, 0.25) is 0 Å². The summed E-state index contributed by atoms with van der Waals surface area (Å²) in [4.78, 5) is 19.7. The Bertz CT molecular complexity index is 1070. The summed E-state index contributed by atoms with van der Waals surface area (Å²) in [6.45, 7) is 6.80. The lowest BCUT2D eigenvalue weighted by molar-refractivity contribution is 0.0939. The van der Waals surface area contributed by atoms with Crippen molar-refractivity contribution in [3.8, 4) is 5.75 Å². The smallest absolute Gasteiger partial charge is 0.252 e. The van der Waals surface area contributed by atoms with Crippen LogP contribution in [0.2, 0.25) is 0 Å². The zero-order valence-corrected chi connectivity index (χ0v) is 21.3. The van der Waals surface area contributed by atoms with Gasteiger partial charge in [-0.15, -0.1) is 0 Å². The van der Waals surface area contributed by atoms with Crippen LogP contribution < -0.4 is 15.8 Å². The maximum atomic E-state index is 13.3. The molecule has 0 aliphatic carbocycles. The lowest BCUT2D eigenvalue weighted by Gasteiger charge is -2.32. The zero-order chi connectivity index (χ0) is 25.4. The van der Waals surface area contributed by atoms with Gasteiger partial charge in [0, 0.05) is 37.1 Å². The molecule has 1 amide bonds. The largest absolute Gasteiger partial charge is 0.497 e. The number of aliphatic imine (C=N–C) groups is 1. The molecule has 35 heavy (non-hydrogen) atoms. The summed E-state index contributed by atoms with van der Waals surface area (Å²) >= 11 is 0. The number of hydrogen-bond acceptors (Lipinski definition) is 6. The summed E-state index contributed by atoms with van der Waals surface area (Å²) in [6.07, 6.45) is 5.28. The van der Waals surface area contributed by atoms with Gasteiger partial charge in [0.15, 0.2) is 0 Å². The normalized spacial score (nSPS) is 16.4. The number of ether oxygens (including phenoxy) is 1. The third-order valence-electron chi connectivity index (χ3n) is 6.77. The van der Waals surface area contributed by atoms with Gasteiger partial charge in [0.25, 0.3) is 5.91 Å². The van der Waals surface area contributed by atoms with Gasteiger partial charge < -0.3 is 25.8 Å². The van der Waals surface area contributed by atoms with Crippen molar-refractivity contribution >= 4 is 17.7 Å². The first-order valence-corrected chi connectivity index (χ1v) is 12.2. The summed E-state index contributed by atoms with van der Waals surface area (Å²) in [5, 5.41) is 12.3. The van der Waals surface area contributed by atoms with E-state index in [1.54, 1.807) is 20.4 Å². The minimum Gasteiger partial charge on any atom is -0.497 e. The van der Waals surface area contributed by atoms with E-state index < -0.39 is 0 Å². The molecule has 1 atom stereocenters. The number of carbonyl (C=O) groups is 1. The van der Waals surface area contributed by atoms with Crippen LogP contribution in [-0.2, 0) is 0 Å². The predicted molar refractivity (Wildman–Crippen MR) is 142 cm³/mol. The van der Waals surface area contributed by atoms with E-state index in [1.165, 1.54) is 11.8 Å². The molecular weight excluding hydrogens is 440 g/mol. The fourth-order valence-electron chi connectivity index (χ4n) is 4.64. The number of nitrogens with zero attached hydrogens (tertiary/aromatic N) is 2. The van der Waals surface area contributed by atoms with Gasteiger partial charge in [-0.3, -0.25) is 9.79 Å². The molecule has 188 valence electrons. The fourth-order valence-corrected chi connectivity index (χ4v) is 4.64. The highest BCUT2D eigenvalue weighted by atomic mass is 16.5. The highest BCUT2D eigenvalue weighted by molar-refractivity contribution is 6.09. The second-order valence-electron chi connectivity index (χ2n) is 9.11. The number of aryl methyl sites for hydroxylation is 1. The van der Waals surface area contributed by atoms with Crippen LogP contribution in [0.1, 0.15) is 64.3 Å². The third kappa shape index (κ3) is 6.71. The van der Waals surface area contributed by atoms with E-state index in [4.69, 9.17) is 10.5 Å². The van der Waals surface area contributed by atoms with Crippen molar-refractivity contribution in [1.29, 1.82) is 0 Å². The topological polar surface area (TPSA) is 100 Å². The van der Waals surface area contributed by atoms with Gasteiger partial charge >= 0.3 is 0 Å². The lowest BCUT2D eigenvalue weighted by Crippen LogP contribution is -2.35. The van der Waals surface area contributed by atoms with E-state index in [-0.39, 0.29) is 18.6 Å². The Hall–Kier alpha value is -3.16. The molecule has 4 N–H and O–H groups in total. The Balaban J connectivity index is 1.78. The second kappa shape index (κ2) is 12.5. The van der Waals surface area contributed by atoms with Crippen molar-refractivity contribution in [2.45, 2.75) is 38.6 Å². The Labute approximate surface area is 208 Å². The Morgan fingerprint density at radius 3 is 2.66 bits per heavy atom. The first kappa shape index (κ1) is 26.4. The van der Waals surface area contributed by atoms with Gasteiger partial charge in [-0.2, -0.15) is 0 Å². The molecule has 7 nitrogen and oxygen atoms in total. The fraction of sp³-hybridized carbons (Fsp3) is 0.429. The summed E-state index contributed by atoms with van der Waals surface area (Å²) in [5.74, 6) is 1.02.